The van der Waals surface area contributed by atoms with Crippen molar-refractivity contribution in [2.75, 3.05) is 0 Å². The summed E-state index contributed by atoms with van der Waals surface area (Å²) >= 11 is 0. The topological polar surface area (TPSA) is 73.0 Å². The zero-order valence-electron chi connectivity index (χ0n) is 12.5. The SMILES string of the molecule is O=C(N[C@H]1CCc2nccn2C1)c1ccc(-c2cnco2)cc1. The third kappa shape index (κ3) is 2.75. The molecule has 6 heteroatoms. The molecule has 0 aliphatic carbocycles. The Morgan fingerprint density at radius 2 is 2.17 bits per heavy atom. The van der Waals surface area contributed by atoms with Gasteiger partial charge in [-0.2, -0.15) is 0 Å². The number of nitrogens with zero attached hydrogens (tertiary/aromatic N) is 3. The molecule has 0 unspecified atom stereocenters. The summed E-state index contributed by atoms with van der Waals surface area (Å²) in [6.45, 7) is 0.775. The second-order valence-corrected chi connectivity index (χ2v) is 5.65. The first-order valence-corrected chi connectivity index (χ1v) is 7.59. The summed E-state index contributed by atoms with van der Waals surface area (Å²) in [6, 6.07) is 7.48. The highest BCUT2D eigenvalue weighted by molar-refractivity contribution is 5.94. The second kappa shape index (κ2) is 5.72. The smallest absolute Gasteiger partial charge is 0.251 e. The molecular formula is C17H16N4O2. The largest absolute Gasteiger partial charge is 0.444 e. The fourth-order valence-electron chi connectivity index (χ4n) is 2.90. The van der Waals surface area contributed by atoms with Gasteiger partial charge in [0.25, 0.3) is 5.91 Å². The highest BCUT2D eigenvalue weighted by atomic mass is 16.3. The number of amides is 1. The number of aromatic nitrogens is 3. The van der Waals surface area contributed by atoms with Crippen LogP contribution in [-0.2, 0) is 13.0 Å². The molecule has 0 fully saturated rings. The van der Waals surface area contributed by atoms with Gasteiger partial charge >= 0.3 is 0 Å². The van der Waals surface area contributed by atoms with Crippen LogP contribution >= 0.6 is 0 Å². The standard InChI is InChI=1S/C17H16N4O2/c22-17(20-14-5-6-16-19-7-8-21(16)10-14)13-3-1-12(2-4-13)15-9-18-11-23-15/h1-4,7-9,11,14H,5-6,10H2,(H,20,22)/t14-/m0/s1. The number of carbonyl (C=O) groups excluding carboxylic acids is 1. The van der Waals surface area contributed by atoms with E-state index in [4.69, 9.17) is 4.42 Å². The Labute approximate surface area is 133 Å². The lowest BCUT2D eigenvalue weighted by molar-refractivity contribution is 0.0927. The van der Waals surface area contributed by atoms with Crippen molar-refractivity contribution in [3.8, 4) is 11.3 Å². The minimum atomic E-state index is -0.0531. The monoisotopic (exact) mass is 308 g/mol. The molecule has 1 aliphatic heterocycles. The zero-order chi connectivity index (χ0) is 15.6. The fourth-order valence-corrected chi connectivity index (χ4v) is 2.90. The van der Waals surface area contributed by atoms with Gasteiger partial charge < -0.3 is 14.3 Å². The van der Waals surface area contributed by atoms with Crippen LogP contribution in [0, 0.1) is 0 Å². The first kappa shape index (κ1) is 13.8. The van der Waals surface area contributed by atoms with E-state index < -0.39 is 0 Å². The third-order valence-electron chi connectivity index (χ3n) is 4.13. The Morgan fingerprint density at radius 1 is 1.30 bits per heavy atom. The summed E-state index contributed by atoms with van der Waals surface area (Å²) in [5.41, 5.74) is 1.55. The number of oxazole rings is 1. The van der Waals surface area contributed by atoms with Crippen LogP contribution in [0.1, 0.15) is 22.6 Å². The van der Waals surface area contributed by atoms with Crippen LogP contribution in [0.15, 0.2) is 53.7 Å². The van der Waals surface area contributed by atoms with Crippen molar-refractivity contribution >= 4 is 5.91 Å². The maximum atomic E-state index is 12.4. The first-order valence-electron chi connectivity index (χ1n) is 7.59. The molecule has 1 N–H and O–H groups in total. The molecule has 4 rings (SSSR count). The Hall–Kier alpha value is -2.89. The Bertz CT molecular complexity index is 806. The molecule has 23 heavy (non-hydrogen) atoms. The fraction of sp³-hybridized carbons (Fsp3) is 0.235. The number of imidazole rings is 1. The summed E-state index contributed by atoms with van der Waals surface area (Å²) in [6.07, 6.45) is 8.62. The van der Waals surface area contributed by atoms with Gasteiger partial charge in [-0.05, 0) is 18.6 Å². The first-order chi connectivity index (χ1) is 11.3. The van der Waals surface area contributed by atoms with E-state index in [9.17, 15) is 4.79 Å². The van der Waals surface area contributed by atoms with Gasteiger partial charge in [-0.1, -0.05) is 12.1 Å². The molecule has 3 aromatic rings. The number of benzene rings is 1. The minimum Gasteiger partial charge on any atom is -0.444 e. The van der Waals surface area contributed by atoms with Crippen molar-refractivity contribution in [1.29, 1.82) is 0 Å². The number of fused-ring (bicyclic) bond motifs is 1. The summed E-state index contributed by atoms with van der Waals surface area (Å²) in [7, 11) is 0. The second-order valence-electron chi connectivity index (χ2n) is 5.65. The van der Waals surface area contributed by atoms with Crippen LogP contribution in [0.4, 0.5) is 0 Å². The van der Waals surface area contributed by atoms with Gasteiger partial charge in [-0.25, -0.2) is 9.97 Å². The molecule has 0 saturated heterocycles. The third-order valence-corrected chi connectivity index (χ3v) is 4.13. The molecule has 116 valence electrons. The predicted octanol–water partition coefficient (Wildman–Crippen LogP) is 2.28. The number of aryl methyl sites for hydroxylation is 1. The van der Waals surface area contributed by atoms with Crippen molar-refractivity contribution in [3.63, 3.8) is 0 Å². The molecule has 1 atom stereocenters. The van der Waals surface area contributed by atoms with Gasteiger partial charge in [0.2, 0.25) is 0 Å². The van der Waals surface area contributed by atoms with Crippen molar-refractivity contribution in [1.82, 2.24) is 19.9 Å². The quantitative estimate of drug-likeness (QED) is 0.805. The van der Waals surface area contributed by atoms with Gasteiger partial charge in [0.15, 0.2) is 12.2 Å². The Morgan fingerprint density at radius 3 is 2.96 bits per heavy atom. The molecular weight excluding hydrogens is 292 g/mol. The molecule has 1 aliphatic rings. The van der Waals surface area contributed by atoms with Crippen LogP contribution in [0.3, 0.4) is 0 Å². The van der Waals surface area contributed by atoms with Gasteiger partial charge in [0.1, 0.15) is 5.82 Å². The van der Waals surface area contributed by atoms with Crippen LogP contribution < -0.4 is 5.32 Å². The van der Waals surface area contributed by atoms with E-state index in [2.05, 4.69) is 19.9 Å². The Balaban J connectivity index is 1.43. The number of carbonyl (C=O) groups is 1. The zero-order valence-corrected chi connectivity index (χ0v) is 12.5. The van der Waals surface area contributed by atoms with E-state index in [-0.39, 0.29) is 11.9 Å². The number of hydrogen-bond donors (Lipinski definition) is 1. The lowest BCUT2D eigenvalue weighted by Gasteiger charge is -2.24. The average Bonchev–Trinajstić information content (AvgIpc) is 3.26. The number of hydrogen-bond acceptors (Lipinski definition) is 4. The van der Waals surface area contributed by atoms with E-state index in [1.807, 2.05) is 24.5 Å². The summed E-state index contributed by atoms with van der Waals surface area (Å²) in [5, 5.41) is 3.10. The van der Waals surface area contributed by atoms with Crippen LogP contribution in [0.2, 0.25) is 0 Å². The molecule has 2 aromatic heterocycles. The highest BCUT2D eigenvalue weighted by Crippen LogP contribution is 2.19. The molecule has 3 heterocycles. The molecule has 6 nitrogen and oxygen atoms in total. The van der Waals surface area contributed by atoms with Crippen LogP contribution in [0.25, 0.3) is 11.3 Å². The van der Waals surface area contributed by atoms with E-state index in [0.717, 1.165) is 30.8 Å². The summed E-state index contributed by atoms with van der Waals surface area (Å²) in [4.78, 5) is 20.6. The summed E-state index contributed by atoms with van der Waals surface area (Å²) < 4.78 is 7.35. The molecule has 1 amide bonds. The van der Waals surface area contributed by atoms with Gasteiger partial charge in [0, 0.05) is 42.5 Å². The number of rotatable bonds is 3. The van der Waals surface area contributed by atoms with E-state index >= 15 is 0 Å². The van der Waals surface area contributed by atoms with Crippen LogP contribution in [0.5, 0.6) is 0 Å². The van der Waals surface area contributed by atoms with Crippen molar-refractivity contribution < 1.29 is 9.21 Å². The molecule has 1 aromatic carbocycles. The minimum absolute atomic E-state index is 0.0531. The van der Waals surface area contributed by atoms with Gasteiger partial charge in [-0.15, -0.1) is 0 Å². The van der Waals surface area contributed by atoms with Crippen molar-refractivity contribution in [2.45, 2.75) is 25.4 Å². The van der Waals surface area contributed by atoms with Gasteiger partial charge in [0.05, 0.1) is 6.20 Å². The molecule has 0 saturated carbocycles. The Kier molecular flexibility index (Phi) is 3.42. The normalized spacial score (nSPS) is 16.8. The van der Waals surface area contributed by atoms with E-state index in [0.29, 0.717) is 11.3 Å². The van der Waals surface area contributed by atoms with Crippen LogP contribution in [-0.4, -0.2) is 26.5 Å². The highest BCUT2D eigenvalue weighted by Gasteiger charge is 2.20. The van der Waals surface area contributed by atoms with Crippen molar-refractivity contribution in [3.05, 3.63) is 60.6 Å². The van der Waals surface area contributed by atoms with E-state index in [1.54, 1.807) is 18.3 Å². The molecule has 0 bridgehead atoms. The lowest BCUT2D eigenvalue weighted by Crippen LogP contribution is -2.40. The lowest BCUT2D eigenvalue weighted by atomic mass is 10.1. The average molecular weight is 308 g/mol. The molecule has 0 spiro atoms. The van der Waals surface area contributed by atoms with Crippen molar-refractivity contribution in [2.24, 2.45) is 0 Å². The predicted molar refractivity (Wildman–Crippen MR) is 83.7 cm³/mol. The maximum Gasteiger partial charge on any atom is 0.251 e. The number of nitrogens with one attached hydrogen (secondary N) is 1. The summed E-state index contributed by atoms with van der Waals surface area (Å²) in [5.74, 6) is 1.73. The molecule has 0 radical (unpaired) electrons. The maximum absolute atomic E-state index is 12.4. The van der Waals surface area contributed by atoms with E-state index in [1.165, 1.54) is 6.39 Å². The van der Waals surface area contributed by atoms with Gasteiger partial charge in [-0.3, -0.25) is 4.79 Å².